The van der Waals surface area contributed by atoms with Gasteiger partial charge in [-0.05, 0) is 12.2 Å². The molecule has 0 aromatic heterocycles. The molecule has 8 heteroatoms. The third-order valence-corrected chi connectivity index (χ3v) is 2.74. The molecule has 0 saturated carbocycles. The summed E-state index contributed by atoms with van der Waals surface area (Å²) in [6, 6.07) is 0. The number of esters is 2. The van der Waals surface area contributed by atoms with Crippen molar-refractivity contribution in [2.75, 3.05) is 6.61 Å². The molecule has 0 amide bonds. The summed E-state index contributed by atoms with van der Waals surface area (Å²) in [7, 11) is 0. The Morgan fingerprint density at radius 3 is 2.24 bits per heavy atom. The zero-order chi connectivity index (χ0) is 16.2. The highest BCUT2D eigenvalue weighted by molar-refractivity contribution is 5.84. The maximum atomic E-state index is 13.7. The number of hydrogen-bond donors (Lipinski definition) is 0. The summed E-state index contributed by atoms with van der Waals surface area (Å²) in [5.74, 6) is -6.34. The molecule has 1 aliphatic heterocycles. The van der Waals surface area contributed by atoms with E-state index in [9.17, 15) is 23.2 Å². The summed E-state index contributed by atoms with van der Waals surface area (Å²) in [6.07, 6.45) is -1.74. The molecule has 0 spiro atoms. The Kier molecular flexibility index (Phi) is 5.54. The second-order valence-electron chi connectivity index (χ2n) is 4.54. The fourth-order valence-electron chi connectivity index (χ4n) is 1.69. The SMILES string of the molecule is CC(=O)OC[C@H]1O[C@H](C(F)(F)C(C)=O)C=C[C@@H]1OC(C)=O. The van der Waals surface area contributed by atoms with Crippen LogP contribution in [0.2, 0.25) is 0 Å². The van der Waals surface area contributed by atoms with Crippen LogP contribution in [0.4, 0.5) is 8.78 Å². The van der Waals surface area contributed by atoms with Crippen LogP contribution in [0, 0.1) is 0 Å². The van der Waals surface area contributed by atoms with Crippen molar-refractivity contribution in [3.63, 3.8) is 0 Å². The number of alkyl halides is 2. The molecular formula is C13H16F2O6. The van der Waals surface area contributed by atoms with Crippen LogP contribution in [0.1, 0.15) is 20.8 Å². The van der Waals surface area contributed by atoms with Gasteiger partial charge < -0.3 is 14.2 Å². The van der Waals surface area contributed by atoms with Crippen molar-refractivity contribution in [1.82, 2.24) is 0 Å². The second-order valence-corrected chi connectivity index (χ2v) is 4.54. The number of ether oxygens (including phenoxy) is 3. The Morgan fingerprint density at radius 1 is 1.14 bits per heavy atom. The molecule has 6 nitrogen and oxygen atoms in total. The van der Waals surface area contributed by atoms with Gasteiger partial charge in [-0.2, -0.15) is 8.78 Å². The third kappa shape index (κ3) is 4.59. The molecule has 0 aromatic carbocycles. The van der Waals surface area contributed by atoms with E-state index in [0.717, 1.165) is 26.8 Å². The molecule has 0 aromatic rings. The van der Waals surface area contributed by atoms with Gasteiger partial charge in [0, 0.05) is 20.8 Å². The topological polar surface area (TPSA) is 78.9 Å². The first-order valence-corrected chi connectivity index (χ1v) is 6.17. The molecule has 0 aliphatic carbocycles. The van der Waals surface area contributed by atoms with E-state index in [1.807, 2.05) is 0 Å². The lowest BCUT2D eigenvalue weighted by molar-refractivity contribution is -0.191. The van der Waals surface area contributed by atoms with Gasteiger partial charge in [0.1, 0.15) is 24.9 Å². The highest BCUT2D eigenvalue weighted by Gasteiger charge is 2.48. The van der Waals surface area contributed by atoms with E-state index in [4.69, 9.17) is 14.2 Å². The molecule has 1 rings (SSSR count). The van der Waals surface area contributed by atoms with Gasteiger partial charge in [-0.3, -0.25) is 14.4 Å². The fraction of sp³-hybridized carbons (Fsp3) is 0.615. The zero-order valence-corrected chi connectivity index (χ0v) is 11.8. The number of halogens is 2. The van der Waals surface area contributed by atoms with Crippen LogP contribution in [-0.4, -0.2) is 48.6 Å². The van der Waals surface area contributed by atoms with Crippen molar-refractivity contribution in [1.29, 1.82) is 0 Å². The number of Topliss-reactive ketones (excluding diaryl/α,β-unsaturated/α-hetero) is 1. The van der Waals surface area contributed by atoms with Crippen molar-refractivity contribution in [3.05, 3.63) is 12.2 Å². The van der Waals surface area contributed by atoms with Gasteiger partial charge in [-0.25, -0.2) is 0 Å². The molecule has 21 heavy (non-hydrogen) atoms. The van der Waals surface area contributed by atoms with Crippen LogP contribution in [0.15, 0.2) is 12.2 Å². The summed E-state index contributed by atoms with van der Waals surface area (Å²) in [4.78, 5) is 32.7. The molecule has 0 N–H and O–H groups in total. The van der Waals surface area contributed by atoms with Crippen LogP contribution in [0.3, 0.4) is 0 Å². The summed E-state index contributed by atoms with van der Waals surface area (Å²) < 4.78 is 42.0. The lowest BCUT2D eigenvalue weighted by atomic mass is 10.0. The maximum absolute atomic E-state index is 13.7. The molecule has 118 valence electrons. The summed E-state index contributed by atoms with van der Waals surface area (Å²) >= 11 is 0. The smallest absolute Gasteiger partial charge is 0.333 e. The molecular weight excluding hydrogens is 290 g/mol. The average Bonchev–Trinajstić information content (AvgIpc) is 2.36. The minimum absolute atomic E-state index is 0.373. The van der Waals surface area contributed by atoms with Gasteiger partial charge in [0.25, 0.3) is 0 Å². The summed E-state index contributed by atoms with van der Waals surface area (Å²) in [5, 5.41) is 0. The van der Waals surface area contributed by atoms with Crippen LogP contribution in [-0.2, 0) is 28.6 Å². The van der Waals surface area contributed by atoms with E-state index in [2.05, 4.69) is 0 Å². The number of rotatable bonds is 5. The third-order valence-electron chi connectivity index (χ3n) is 2.74. The van der Waals surface area contributed by atoms with Gasteiger partial charge in [0.05, 0.1) is 0 Å². The van der Waals surface area contributed by atoms with E-state index in [-0.39, 0.29) is 6.61 Å². The first kappa shape index (κ1) is 17.2. The maximum Gasteiger partial charge on any atom is 0.333 e. The van der Waals surface area contributed by atoms with Gasteiger partial charge in [0.15, 0.2) is 0 Å². The Balaban J connectivity index is 2.89. The lowest BCUT2D eigenvalue weighted by Gasteiger charge is -2.33. The predicted octanol–water partition coefficient (Wildman–Crippen LogP) is 1.03. The molecule has 3 atom stereocenters. The van der Waals surface area contributed by atoms with Crippen LogP contribution in [0.5, 0.6) is 0 Å². The van der Waals surface area contributed by atoms with E-state index < -0.39 is 42.0 Å². The molecule has 1 heterocycles. The van der Waals surface area contributed by atoms with Crippen LogP contribution < -0.4 is 0 Å². The Bertz CT molecular complexity index is 460. The highest BCUT2D eigenvalue weighted by atomic mass is 19.3. The fourth-order valence-corrected chi connectivity index (χ4v) is 1.69. The zero-order valence-electron chi connectivity index (χ0n) is 11.8. The summed E-state index contributed by atoms with van der Waals surface area (Å²) in [6.45, 7) is 2.66. The number of ketones is 1. The minimum atomic E-state index is -3.72. The van der Waals surface area contributed by atoms with Crippen molar-refractivity contribution in [2.24, 2.45) is 0 Å². The lowest BCUT2D eigenvalue weighted by Crippen LogP contribution is -2.49. The standard InChI is InChI=1S/C13H16F2O6/c1-7(16)13(14,15)12-5-4-10(20-9(3)18)11(21-12)6-19-8(2)17/h4-5,10-12H,6H2,1-3H3/t10-,11+,12-/m0/s1. The van der Waals surface area contributed by atoms with E-state index in [1.165, 1.54) is 6.08 Å². The van der Waals surface area contributed by atoms with E-state index in [0.29, 0.717) is 0 Å². The van der Waals surface area contributed by atoms with Crippen molar-refractivity contribution in [3.8, 4) is 0 Å². The molecule has 0 saturated heterocycles. The Labute approximate surface area is 120 Å². The quantitative estimate of drug-likeness (QED) is 0.557. The largest absolute Gasteiger partial charge is 0.463 e. The molecule has 0 bridgehead atoms. The molecule has 0 radical (unpaired) electrons. The van der Waals surface area contributed by atoms with Gasteiger partial charge >= 0.3 is 17.9 Å². The van der Waals surface area contributed by atoms with Crippen LogP contribution in [0.25, 0.3) is 0 Å². The van der Waals surface area contributed by atoms with Crippen molar-refractivity contribution >= 4 is 17.7 Å². The monoisotopic (exact) mass is 306 g/mol. The van der Waals surface area contributed by atoms with Crippen LogP contribution >= 0.6 is 0 Å². The van der Waals surface area contributed by atoms with Gasteiger partial charge in [-0.1, -0.05) is 0 Å². The summed E-state index contributed by atoms with van der Waals surface area (Å²) in [5.41, 5.74) is 0. The normalized spacial score (nSPS) is 25.3. The van der Waals surface area contributed by atoms with E-state index in [1.54, 1.807) is 0 Å². The molecule has 1 aliphatic rings. The number of carbonyl (C=O) groups excluding carboxylic acids is 3. The van der Waals surface area contributed by atoms with Crippen molar-refractivity contribution in [2.45, 2.75) is 45.0 Å². The first-order chi connectivity index (χ1) is 9.64. The minimum Gasteiger partial charge on any atom is -0.463 e. The molecule has 0 unspecified atom stereocenters. The van der Waals surface area contributed by atoms with Crippen molar-refractivity contribution < 1.29 is 37.4 Å². The highest BCUT2D eigenvalue weighted by Crippen LogP contribution is 2.29. The number of carbonyl (C=O) groups is 3. The Hall–Kier alpha value is -1.83. The van der Waals surface area contributed by atoms with E-state index >= 15 is 0 Å². The number of hydrogen-bond acceptors (Lipinski definition) is 6. The Morgan fingerprint density at radius 2 is 1.76 bits per heavy atom. The first-order valence-electron chi connectivity index (χ1n) is 6.17. The average molecular weight is 306 g/mol. The van der Waals surface area contributed by atoms with Gasteiger partial charge in [0.2, 0.25) is 5.78 Å². The molecule has 0 fully saturated rings. The second kappa shape index (κ2) is 6.75. The predicted molar refractivity (Wildman–Crippen MR) is 65.6 cm³/mol. The van der Waals surface area contributed by atoms with Gasteiger partial charge in [-0.15, -0.1) is 0 Å².